The zero-order valence-corrected chi connectivity index (χ0v) is 17.2. The monoisotopic (exact) mass is 379 g/mol. The lowest BCUT2D eigenvalue weighted by Crippen LogP contribution is -2.47. The lowest BCUT2D eigenvalue weighted by molar-refractivity contribution is -0.123. The van der Waals surface area contributed by atoms with Crippen molar-refractivity contribution in [1.82, 2.24) is 14.5 Å². The zero-order valence-electron chi connectivity index (χ0n) is 16.3. The van der Waals surface area contributed by atoms with Gasteiger partial charge < -0.3 is 5.32 Å². The van der Waals surface area contributed by atoms with Crippen LogP contribution in [0, 0.1) is 0 Å². The Balaban J connectivity index is 2.54. The molecule has 2 rings (SSSR count). The molecule has 144 valence electrons. The summed E-state index contributed by atoms with van der Waals surface area (Å²) in [4.78, 5) is 39.9. The number of unbranched alkanes of at least 4 members (excludes halogenated alkanes) is 2. The van der Waals surface area contributed by atoms with Crippen molar-refractivity contribution in [2.75, 3.05) is 0 Å². The molecular weight excluding hydrogens is 350 g/mol. The van der Waals surface area contributed by atoms with Crippen LogP contribution in [-0.4, -0.2) is 20.6 Å². The Morgan fingerprint density at radius 3 is 2.42 bits per heavy atom. The van der Waals surface area contributed by atoms with E-state index >= 15 is 0 Å². The average molecular weight is 380 g/mol. The first-order chi connectivity index (χ1) is 12.2. The number of nitrogens with one attached hydrogen (secondary N) is 1. The smallest absolute Gasteiger partial charge is 0.332 e. The van der Waals surface area contributed by atoms with Gasteiger partial charge in [0.1, 0.15) is 11.4 Å². The number of fused-ring (bicyclic) bond motifs is 1. The third-order valence-electron chi connectivity index (χ3n) is 4.10. The van der Waals surface area contributed by atoms with Crippen molar-refractivity contribution < 1.29 is 4.79 Å². The molecule has 0 aliphatic carbocycles. The molecule has 0 radical (unpaired) electrons. The molecule has 6 nitrogen and oxygen atoms in total. The number of aryl methyl sites for hydroxylation is 2. The first-order valence-electron chi connectivity index (χ1n) is 9.25. The van der Waals surface area contributed by atoms with Gasteiger partial charge >= 0.3 is 5.69 Å². The van der Waals surface area contributed by atoms with Crippen molar-refractivity contribution in [1.29, 1.82) is 0 Å². The van der Waals surface area contributed by atoms with Gasteiger partial charge in [0.25, 0.3) is 5.56 Å². The van der Waals surface area contributed by atoms with Gasteiger partial charge in [0.15, 0.2) is 0 Å². The van der Waals surface area contributed by atoms with Crippen molar-refractivity contribution in [3.63, 3.8) is 0 Å². The Bertz CT molecular complexity index is 900. The van der Waals surface area contributed by atoms with Crippen molar-refractivity contribution >= 4 is 27.5 Å². The van der Waals surface area contributed by atoms with Crippen LogP contribution >= 0.6 is 11.3 Å². The molecule has 26 heavy (non-hydrogen) atoms. The third kappa shape index (κ3) is 4.63. The van der Waals surface area contributed by atoms with E-state index in [9.17, 15) is 14.4 Å². The normalized spacial score (nSPS) is 11.9. The molecule has 0 atom stereocenters. The molecule has 0 aromatic carbocycles. The highest BCUT2D eigenvalue weighted by Gasteiger charge is 2.20. The van der Waals surface area contributed by atoms with Gasteiger partial charge in [-0.25, -0.2) is 4.79 Å². The predicted molar refractivity (Wildman–Crippen MR) is 107 cm³/mol. The predicted octanol–water partition coefficient (Wildman–Crippen LogP) is 2.89. The number of nitrogens with zero attached hydrogens (tertiary/aromatic N) is 2. The van der Waals surface area contributed by atoms with Crippen LogP contribution in [0.5, 0.6) is 0 Å². The Kier molecular flexibility index (Phi) is 6.44. The molecule has 1 amide bonds. The number of aromatic nitrogens is 2. The maximum absolute atomic E-state index is 12.9. The minimum atomic E-state index is -0.414. The van der Waals surface area contributed by atoms with E-state index in [-0.39, 0.29) is 18.0 Å². The summed E-state index contributed by atoms with van der Waals surface area (Å²) >= 11 is 1.50. The van der Waals surface area contributed by atoms with Gasteiger partial charge in [0.2, 0.25) is 5.91 Å². The summed E-state index contributed by atoms with van der Waals surface area (Å²) in [6, 6.07) is 1.86. The van der Waals surface area contributed by atoms with Gasteiger partial charge in [-0.05, 0) is 39.7 Å². The number of hydrogen-bond donors (Lipinski definition) is 1. The molecule has 0 aliphatic heterocycles. The number of carbonyl (C=O) groups excluding carboxylic acids is 1. The van der Waals surface area contributed by atoms with Crippen LogP contribution in [0.4, 0.5) is 0 Å². The average Bonchev–Trinajstić information content (AvgIpc) is 2.97. The maximum atomic E-state index is 12.9. The number of rotatable bonds is 7. The zero-order chi connectivity index (χ0) is 19.5. The molecule has 7 heteroatoms. The van der Waals surface area contributed by atoms with E-state index in [1.807, 2.05) is 33.8 Å². The van der Waals surface area contributed by atoms with Gasteiger partial charge in [-0.3, -0.25) is 18.7 Å². The van der Waals surface area contributed by atoms with Gasteiger partial charge in [-0.15, -0.1) is 11.3 Å². The van der Waals surface area contributed by atoms with Crippen LogP contribution < -0.4 is 16.6 Å². The van der Waals surface area contributed by atoms with E-state index in [2.05, 4.69) is 12.2 Å². The van der Waals surface area contributed by atoms with Crippen LogP contribution in [0.1, 0.15) is 58.8 Å². The quantitative estimate of drug-likeness (QED) is 0.752. The first-order valence-corrected chi connectivity index (χ1v) is 10.1. The van der Waals surface area contributed by atoms with Crippen molar-refractivity contribution in [3.05, 3.63) is 31.8 Å². The summed E-state index contributed by atoms with van der Waals surface area (Å²) in [5, 5.41) is 3.35. The Morgan fingerprint density at radius 2 is 1.85 bits per heavy atom. The summed E-state index contributed by atoms with van der Waals surface area (Å²) in [6.45, 7) is 10.0. The summed E-state index contributed by atoms with van der Waals surface area (Å²) in [6.07, 6.45) is 3.75. The Labute approximate surface area is 157 Å². The van der Waals surface area contributed by atoms with Crippen LogP contribution in [0.2, 0.25) is 0 Å². The summed E-state index contributed by atoms with van der Waals surface area (Å²) in [7, 11) is 0. The van der Waals surface area contributed by atoms with E-state index in [1.54, 1.807) is 4.57 Å². The lowest BCUT2D eigenvalue weighted by Gasteiger charge is -2.21. The van der Waals surface area contributed by atoms with E-state index in [0.717, 1.165) is 40.0 Å². The first kappa shape index (κ1) is 20.4. The molecule has 0 aliphatic rings. The largest absolute Gasteiger partial charge is 0.350 e. The number of amides is 1. The van der Waals surface area contributed by atoms with E-state index < -0.39 is 11.2 Å². The van der Waals surface area contributed by atoms with Crippen LogP contribution in [0.3, 0.4) is 0 Å². The molecular formula is C19H29N3O3S. The molecule has 2 heterocycles. The fourth-order valence-corrected chi connectivity index (χ4v) is 3.99. The highest BCUT2D eigenvalue weighted by molar-refractivity contribution is 7.18. The minimum Gasteiger partial charge on any atom is -0.350 e. The summed E-state index contributed by atoms with van der Waals surface area (Å²) in [5.74, 6) is -0.331. The summed E-state index contributed by atoms with van der Waals surface area (Å²) in [5.41, 5.74) is -1.19. The molecule has 0 unspecified atom stereocenters. The number of thiophene rings is 1. The van der Waals surface area contributed by atoms with Gasteiger partial charge in [-0.2, -0.15) is 0 Å². The highest BCUT2D eigenvalue weighted by atomic mass is 32.1. The molecule has 2 aromatic rings. The summed E-state index contributed by atoms with van der Waals surface area (Å²) < 4.78 is 2.74. The van der Waals surface area contributed by atoms with Crippen LogP contribution in [0.25, 0.3) is 10.2 Å². The topological polar surface area (TPSA) is 73.1 Å². The van der Waals surface area contributed by atoms with Crippen molar-refractivity contribution in [2.45, 2.75) is 78.9 Å². The fourth-order valence-electron chi connectivity index (χ4n) is 2.88. The molecule has 1 N–H and O–H groups in total. The lowest BCUT2D eigenvalue weighted by atomic mass is 10.1. The van der Waals surface area contributed by atoms with Crippen molar-refractivity contribution in [2.24, 2.45) is 0 Å². The second kappa shape index (κ2) is 8.20. The molecule has 0 bridgehead atoms. The molecule has 0 spiro atoms. The maximum Gasteiger partial charge on any atom is 0.332 e. The molecule has 2 aromatic heterocycles. The molecule has 0 saturated carbocycles. The highest BCUT2D eigenvalue weighted by Crippen LogP contribution is 2.23. The number of carbonyl (C=O) groups is 1. The van der Waals surface area contributed by atoms with Gasteiger partial charge in [0, 0.05) is 17.0 Å². The van der Waals surface area contributed by atoms with E-state index in [0.29, 0.717) is 11.9 Å². The SMILES string of the molecule is CCCCCn1c(=O)n(CC(=O)NC(C)(C)C)c(=O)c2cc(CC)sc21. The van der Waals surface area contributed by atoms with Crippen LogP contribution in [-0.2, 0) is 24.3 Å². The van der Waals surface area contributed by atoms with Crippen LogP contribution in [0.15, 0.2) is 15.7 Å². The second-order valence-electron chi connectivity index (χ2n) is 7.62. The fraction of sp³-hybridized carbons (Fsp3) is 0.632. The molecule has 0 saturated heterocycles. The Morgan fingerprint density at radius 1 is 1.15 bits per heavy atom. The molecule has 0 fully saturated rings. The standard InChI is InChI=1S/C19H29N3O3S/c1-6-8-9-10-21-17-14(11-13(7-2)26-17)16(24)22(18(21)25)12-15(23)20-19(3,4)5/h11H,6-10,12H2,1-5H3,(H,20,23). The second-order valence-corrected chi connectivity index (χ2v) is 8.73. The van der Waals surface area contributed by atoms with Crippen molar-refractivity contribution in [3.8, 4) is 0 Å². The van der Waals surface area contributed by atoms with Gasteiger partial charge in [0.05, 0.1) is 5.39 Å². The third-order valence-corrected chi connectivity index (χ3v) is 5.40. The van der Waals surface area contributed by atoms with E-state index in [1.165, 1.54) is 11.3 Å². The van der Waals surface area contributed by atoms with Gasteiger partial charge in [-0.1, -0.05) is 26.7 Å². The minimum absolute atomic E-state index is 0.254. The number of hydrogen-bond acceptors (Lipinski definition) is 4. The Hall–Kier alpha value is -1.89. The van der Waals surface area contributed by atoms with E-state index in [4.69, 9.17) is 0 Å².